The SMILES string of the molecule is CCCc1nc(C)c2c(=O)[nH][14c](-c3ccccc3OCC)nn12. The average Bonchev–Trinajstić information content (AvgIpc) is 2.85. The summed E-state index contributed by atoms with van der Waals surface area (Å²) < 4.78 is 7.30. The summed E-state index contributed by atoms with van der Waals surface area (Å²) in [4.78, 5) is 19.8. The molecule has 0 fully saturated rings. The van der Waals surface area contributed by atoms with E-state index in [9.17, 15) is 4.79 Å². The van der Waals surface area contributed by atoms with E-state index >= 15 is 0 Å². The molecule has 0 amide bonds. The third kappa shape index (κ3) is 2.72. The average molecular weight is 314 g/mol. The number of aromatic amines is 1. The van der Waals surface area contributed by atoms with Gasteiger partial charge in [-0.05, 0) is 32.4 Å². The molecule has 0 unspecified atom stereocenters. The van der Waals surface area contributed by atoms with Gasteiger partial charge in [0, 0.05) is 6.42 Å². The van der Waals surface area contributed by atoms with Crippen LogP contribution < -0.4 is 10.3 Å². The van der Waals surface area contributed by atoms with Crippen molar-refractivity contribution in [3.8, 4) is 17.1 Å². The fourth-order valence-corrected chi connectivity index (χ4v) is 2.69. The standard InChI is InChI=1S/C17H20N4O2/c1-4-8-14-18-11(3)15-17(22)19-16(20-21(14)15)12-9-6-7-10-13(12)23-5-2/h6-7,9-10H,4-5,8H2,1-3H3,(H,19,20,22)/i16+2. The van der Waals surface area contributed by atoms with Crippen LogP contribution in [-0.4, -0.2) is 26.2 Å². The van der Waals surface area contributed by atoms with E-state index in [-0.39, 0.29) is 5.56 Å². The second kappa shape index (κ2) is 6.24. The minimum absolute atomic E-state index is 0.186. The van der Waals surface area contributed by atoms with Crippen LogP contribution in [0.3, 0.4) is 0 Å². The number of aryl methyl sites for hydroxylation is 2. The molecule has 2 aromatic heterocycles. The van der Waals surface area contributed by atoms with Crippen LogP contribution in [0, 0.1) is 6.92 Å². The summed E-state index contributed by atoms with van der Waals surface area (Å²) in [6.07, 6.45) is 1.72. The first-order chi connectivity index (χ1) is 11.2. The van der Waals surface area contributed by atoms with Crippen molar-refractivity contribution >= 4 is 5.52 Å². The molecule has 2 heterocycles. The highest BCUT2D eigenvalue weighted by Gasteiger charge is 2.16. The van der Waals surface area contributed by atoms with Crippen LogP contribution in [0.2, 0.25) is 0 Å². The van der Waals surface area contributed by atoms with Crippen molar-refractivity contribution in [2.75, 3.05) is 6.61 Å². The first kappa shape index (κ1) is 15.3. The lowest BCUT2D eigenvalue weighted by molar-refractivity contribution is 0.341. The molecule has 0 aliphatic rings. The number of hydrogen-bond acceptors (Lipinski definition) is 4. The Bertz CT molecular complexity index is 895. The smallest absolute Gasteiger partial charge is 0.277 e. The molecule has 0 spiro atoms. The van der Waals surface area contributed by atoms with Gasteiger partial charge >= 0.3 is 0 Å². The van der Waals surface area contributed by atoms with Crippen molar-refractivity contribution in [1.29, 1.82) is 0 Å². The molecule has 1 N–H and O–H groups in total. The summed E-state index contributed by atoms with van der Waals surface area (Å²) in [7, 11) is 0. The predicted octanol–water partition coefficient (Wildman–Crippen LogP) is 2.74. The Morgan fingerprint density at radius 1 is 1.30 bits per heavy atom. The van der Waals surface area contributed by atoms with E-state index < -0.39 is 0 Å². The number of H-pyrrole nitrogens is 1. The quantitative estimate of drug-likeness (QED) is 0.786. The number of benzene rings is 1. The molecule has 0 saturated carbocycles. The number of hydrogen-bond donors (Lipinski definition) is 1. The summed E-state index contributed by atoms with van der Waals surface area (Å²) in [5, 5.41) is 4.61. The highest BCUT2D eigenvalue weighted by Crippen LogP contribution is 2.26. The molecule has 0 aliphatic heterocycles. The molecule has 0 saturated heterocycles. The Morgan fingerprint density at radius 3 is 2.83 bits per heavy atom. The highest BCUT2D eigenvalue weighted by atomic mass is 16.5. The van der Waals surface area contributed by atoms with Gasteiger partial charge < -0.3 is 9.72 Å². The lowest BCUT2D eigenvalue weighted by Crippen LogP contribution is -2.15. The number of para-hydroxylation sites is 1. The molecule has 1 aromatic carbocycles. The van der Waals surface area contributed by atoms with Gasteiger partial charge in [-0.25, -0.2) is 9.50 Å². The van der Waals surface area contributed by atoms with Crippen LogP contribution in [0.1, 0.15) is 31.8 Å². The van der Waals surface area contributed by atoms with Crippen molar-refractivity contribution in [3.63, 3.8) is 0 Å². The third-order valence-corrected chi connectivity index (χ3v) is 3.66. The summed E-state index contributed by atoms with van der Waals surface area (Å²) in [6.45, 7) is 6.39. The van der Waals surface area contributed by atoms with Crippen LogP contribution in [0.15, 0.2) is 29.1 Å². The lowest BCUT2D eigenvalue weighted by Gasteiger charge is -2.09. The van der Waals surface area contributed by atoms with Crippen molar-refractivity contribution < 1.29 is 4.74 Å². The molecule has 3 rings (SSSR count). The van der Waals surface area contributed by atoms with Crippen LogP contribution in [0.4, 0.5) is 0 Å². The number of fused-ring (bicyclic) bond motifs is 1. The molecule has 23 heavy (non-hydrogen) atoms. The Kier molecular flexibility index (Phi) is 4.14. The number of imidazole rings is 1. The Hall–Kier alpha value is -2.63. The van der Waals surface area contributed by atoms with E-state index in [1.165, 1.54) is 0 Å². The van der Waals surface area contributed by atoms with Gasteiger partial charge in [0.2, 0.25) is 0 Å². The first-order valence-electron chi connectivity index (χ1n) is 7.86. The third-order valence-electron chi connectivity index (χ3n) is 3.66. The van der Waals surface area contributed by atoms with E-state index in [0.29, 0.717) is 29.4 Å². The molecule has 0 atom stereocenters. The zero-order chi connectivity index (χ0) is 16.4. The zero-order valence-corrected chi connectivity index (χ0v) is 13.6. The van der Waals surface area contributed by atoms with E-state index in [1.807, 2.05) is 38.1 Å². The maximum Gasteiger partial charge on any atom is 0.277 e. The number of ether oxygens (including phenoxy) is 1. The summed E-state index contributed by atoms with van der Waals surface area (Å²) in [5.74, 6) is 1.99. The zero-order valence-electron chi connectivity index (χ0n) is 13.6. The van der Waals surface area contributed by atoms with Crippen molar-refractivity contribution in [1.82, 2.24) is 19.6 Å². The van der Waals surface area contributed by atoms with Gasteiger partial charge in [0.25, 0.3) is 5.56 Å². The largest absolute Gasteiger partial charge is 0.493 e. The number of rotatable bonds is 5. The first-order valence-corrected chi connectivity index (χ1v) is 7.86. The molecule has 0 radical (unpaired) electrons. The minimum atomic E-state index is -0.186. The van der Waals surface area contributed by atoms with E-state index in [4.69, 9.17) is 4.74 Å². The molecule has 6 nitrogen and oxygen atoms in total. The van der Waals surface area contributed by atoms with Gasteiger partial charge in [-0.2, -0.15) is 0 Å². The van der Waals surface area contributed by atoms with E-state index in [0.717, 1.165) is 24.2 Å². The van der Waals surface area contributed by atoms with Gasteiger partial charge in [-0.1, -0.05) is 19.1 Å². The second-order valence-corrected chi connectivity index (χ2v) is 5.36. The van der Waals surface area contributed by atoms with Gasteiger partial charge in [-0.3, -0.25) is 4.79 Å². The summed E-state index contributed by atoms with van der Waals surface area (Å²) in [5.41, 5.74) is 1.79. The fourth-order valence-electron chi connectivity index (χ4n) is 2.69. The fraction of sp³-hybridized carbons (Fsp3) is 0.353. The number of nitrogens with zero attached hydrogens (tertiary/aromatic N) is 3. The minimum Gasteiger partial charge on any atom is -0.493 e. The molecular weight excluding hydrogens is 294 g/mol. The molecular formula is C17H20N4O2. The van der Waals surface area contributed by atoms with Crippen LogP contribution >= 0.6 is 0 Å². The van der Waals surface area contributed by atoms with Gasteiger partial charge in [0.05, 0.1) is 17.9 Å². The Labute approximate surface area is 134 Å². The number of aromatic nitrogens is 4. The predicted molar refractivity (Wildman–Crippen MR) is 88.9 cm³/mol. The van der Waals surface area contributed by atoms with Gasteiger partial charge in [0.15, 0.2) is 11.3 Å². The summed E-state index contributed by atoms with van der Waals surface area (Å²) >= 11 is 0. The molecule has 0 aliphatic carbocycles. The molecule has 0 bridgehead atoms. The van der Waals surface area contributed by atoms with Crippen molar-refractivity contribution in [3.05, 3.63) is 46.1 Å². The second-order valence-electron chi connectivity index (χ2n) is 5.36. The number of nitrogens with one attached hydrogen (secondary N) is 1. The highest BCUT2D eigenvalue weighted by molar-refractivity contribution is 5.64. The lowest BCUT2D eigenvalue weighted by atomic mass is 10.3. The Balaban J connectivity index is 2.24. The topological polar surface area (TPSA) is 72.3 Å². The van der Waals surface area contributed by atoms with Crippen LogP contribution in [-0.2, 0) is 6.42 Å². The maximum absolute atomic E-state index is 12.5. The monoisotopic (exact) mass is 314 g/mol. The van der Waals surface area contributed by atoms with Crippen molar-refractivity contribution in [2.45, 2.75) is 33.6 Å². The van der Waals surface area contributed by atoms with Crippen LogP contribution in [0.5, 0.6) is 5.75 Å². The maximum atomic E-state index is 12.5. The van der Waals surface area contributed by atoms with Crippen molar-refractivity contribution in [2.24, 2.45) is 0 Å². The summed E-state index contributed by atoms with van der Waals surface area (Å²) in [6, 6.07) is 7.55. The molecule has 120 valence electrons. The van der Waals surface area contributed by atoms with Gasteiger partial charge in [0.1, 0.15) is 11.6 Å². The molecule has 3 aromatic rings. The Morgan fingerprint density at radius 2 is 2.09 bits per heavy atom. The van der Waals surface area contributed by atoms with Gasteiger partial charge in [-0.15, -0.1) is 5.10 Å². The van der Waals surface area contributed by atoms with E-state index in [1.54, 1.807) is 4.52 Å². The van der Waals surface area contributed by atoms with Crippen LogP contribution in [0.25, 0.3) is 16.9 Å². The van der Waals surface area contributed by atoms with E-state index in [2.05, 4.69) is 22.0 Å². The normalized spacial score (nSPS) is 11.1. The molecule has 6 heteroatoms.